The fourth-order valence-electron chi connectivity index (χ4n) is 1.22. The van der Waals surface area contributed by atoms with Crippen LogP contribution in [0, 0.1) is 0 Å². The van der Waals surface area contributed by atoms with Gasteiger partial charge in [-0.05, 0) is 0 Å². The highest BCUT2D eigenvalue weighted by Crippen LogP contribution is 2.26. The number of carbonyl (C=O) groups is 2. The zero-order valence-corrected chi connectivity index (χ0v) is 8.88. The summed E-state index contributed by atoms with van der Waals surface area (Å²) in [6.07, 6.45) is -6.46. The first-order valence-electron chi connectivity index (χ1n) is 4.80. The molecule has 0 aliphatic carbocycles. The van der Waals surface area contributed by atoms with Crippen LogP contribution in [-0.4, -0.2) is 41.9 Å². The predicted molar refractivity (Wildman–Crippen MR) is 47.7 cm³/mol. The first-order valence-corrected chi connectivity index (χ1v) is 4.80. The van der Waals surface area contributed by atoms with Gasteiger partial charge in [-0.3, -0.25) is 9.59 Å². The molecule has 1 aliphatic rings. The quantitative estimate of drug-likeness (QED) is 0.688. The Morgan fingerprint density at radius 3 is 2.56 bits per heavy atom. The molecule has 0 spiro atoms. The monoisotopic (exact) mass is 236 g/mol. The average molecular weight is 236 g/mol. The summed E-state index contributed by atoms with van der Waals surface area (Å²) in [6.45, 7) is 2.62. The van der Waals surface area contributed by atoms with Crippen LogP contribution in [0.1, 0.15) is 20.3 Å². The lowest BCUT2D eigenvalue weighted by Crippen LogP contribution is -2.36. The molecule has 0 aromatic carbocycles. The van der Waals surface area contributed by atoms with Crippen molar-refractivity contribution in [3.8, 4) is 0 Å². The lowest BCUT2D eigenvalue weighted by molar-refractivity contribution is -0.212. The number of hydrogen-bond donors (Lipinski definition) is 1. The molecule has 92 valence electrons. The Hall–Kier alpha value is -1.21. The second kappa shape index (κ2) is 5.22. The summed E-state index contributed by atoms with van der Waals surface area (Å²) in [5.41, 5.74) is 0. The van der Waals surface area contributed by atoms with Gasteiger partial charge in [0.15, 0.2) is 18.6 Å². The molecule has 0 aromatic rings. The van der Waals surface area contributed by atoms with Gasteiger partial charge in [0.05, 0.1) is 0 Å². The normalized spacial score (nSPS) is 33.5. The molecule has 1 N–H and O–H groups in total. The maximum absolute atomic E-state index is 13.3. The molecule has 4 atom stereocenters. The van der Waals surface area contributed by atoms with Gasteiger partial charge in [-0.1, -0.05) is 6.92 Å². The number of halogens is 1. The zero-order valence-electron chi connectivity index (χ0n) is 8.88. The fraction of sp³-hybridized carbons (Fsp3) is 0.778. The van der Waals surface area contributed by atoms with Crippen LogP contribution in [0.4, 0.5) is 4.39 Å². The first-order chi connectivity index (χ1) is 7.45. The minimum absolute atomic E-state index is 0.0691. The van der Waals surface area contributed by atoms with Crippen molar-refractivity contribution in [1.29, 1.82) is 0 Å². The molecule has 1 rings (SSSR count). The summed E-state index contributed by atoms with van der Waals surface area (Å²) in [5, 5.41) is 9.06. The van der Waals surface area contributed by atoms with Crippen LogP contribution in [0.15, 0.2) is 0 Å². The standard InChI is InChI=1S/C9H13FO6/c1-3-5(12)15-9-7(14-4(2)11)6(10)8(13)16-9/h6-9,13H,3H2,1-2H3/t6-,7-,8?,9-/m0/s1. The SMILES string of the molecule is CCC(=O)O[C@H]1OC(O)[C@@H](F)[C@@H]1OC(C)=O. The molecule has 0 aromatic heterocycles. The number of carbonyl (C=O) groups excluding carboxylic acids is 2. The van der Waals surface area contributed by atoms with Crippen LogP contribution in [0.5, 0.6) is 0 Å². The van der Waals surface area contributed by atoms with E-state index in [1.54, 1.807) is 6.92 Å². The highest BCUT2D eigenvalue weighted by molar-refractivity contribution is 5.69. The van der Waals surface area contributed by atoms with E-state index in [0.717, 1.165) is 6.92 Å². The third kappa shape index (κ3) is 2.89. The molecule has 0 radical (unpaired) electrons. The van der Waals surface area contributed by atoms with Crippen LogP contribution in [0.2, 0.25) is 0 Å². The molecule has 1 aliphatic heterocycles. The van der Waals surface area contributed by atoms with E-state index in [0.29, 0.717) is 0 Å². The van der Waals surface area contributed by atoms with Crippen LogP contribution < -0.4 is 0 Å². The van der Waals surface area contributed by atoms with E-state index in [9.17, 15) is 14.0 Å². The van der Waals surface area contributed by atoms with E-state index in [1.807, 2.05) is 0 Å². The Balaban J connectivity index is 2.66. The maximum Gasteiger partial charge on any atom is 0.307 e. The molecule has 6 nitrogen and oxygen atoms in total. The van der Waals surface area contributed by atoms with Crippen molar-refractivity contribution in [3.63, 3.8) is 0 Å². The van der Waals surface area contributed by atoms with Crippen molar-refractivity contribution in [2.45, 2.75) is 45.1 Å². The van der Waals surface area contributed by atoms with Gasteiger partial charge in [-0.15, -0.1) is 0 Å². The molecular weight excluding hydrogens is 223 g/mol. The van der Waals surface area contributed by atoms with Gasteiger partial charge in [0.25, 0.3) is 0 Å². The molecule has 0 bridgehead atoms. The Morgan fingerprint density at radius 2 is 2.06 bits per heavy atom. The summed E-state index contributed by atoms with van der Waals surface area (Å²) < 4.78 is 27.2. The van der Waals surface area contributed by atoms with E-state index in [-0.39, 0.29) is 6.42 Å². The van der Waals surface area contributed by atoms with Gasteiger partial charge in [0.1, 0.15) is 0 Å². The minimum Gasteiger partial charge on any atom is -0.452 e. The van der Waals surface area contributed by atoms with Crippen LogP contribution in [-0.2, 0) is 23.8 Å². The van der Waals surface area contributed by atoms with Gasteiger partial charge in [0.2, 0.25) is 6.29 Å². The predicted octanol–water partition coefficient (Wildman–Crippen LogP) is -0.116. The third-order valence-corrected chi connectivity index (χ3v) is 1.97. The third-order valence-electron chi connectivity index (χ3n) is 1.97. The highest BCUT2D eigenvalue weighted by atomic mass is 19.1. The van der Waals surface area contributed by atoms with E-state index in [4.69, 9.17) is 5.11 Å². The number of alkyl halides is 1. The average Bonchev–Trinajstić information content (AvgIpc) is 2.45. The largest absolute Gasteiger partial charge is 0.452 e. The summed E-state index contributed by atoms with van der Waals surface area (Å²) >= 11 is 0. The molecule has 0 saturated carbocycles. The van der Waals surface area contributed by atoms with E-state index in [1.165, 1.54) is 0 Å². The van der Waals surface area contributed by atoms with Crippen molar-refractivity contribution in [2.75, 3.05) is 0 Å². The van der Waals surface area contributed by atoms with Gasteiger partial charge in [-0.25, -0.2) is 4.39 Å². The van der Waals surface area contributed by atoms with E-state index >= 15 is 0 Å². The van der Waals surface area contributed by atoms with Gasteiger partial charge in [-0.2, -0.15) is 0 Å². The number of esters is 2. The molecular formula is C9H13FO6. The van der Waals surface area contributed by atoms with Gasteiger partial charge in [0, 0.05) is 13.3 Å². The van der Waals surface area contributed by atoms with Gasteiger partial charge < -0.3 is 19.3 Å². The Morgan fingerprint density at radius 1 is 1.44 bits per heavy atom. The topological polar surface area (TPSA) is 82.1 Å². The minimum atomic E-state index is -1.93. The smallest absolute Gasteiger partial charge is 0.307 e. The summed E-state index contributed by atoms with van der Waals surface area (Å²) in [5.74, 6) is -1.38. The molecule has 7 heteroatoms. The second-order valence-corrected chi connectivity index (χ2v) is 3.26. The molecule has 16 heavy (non-hydrogen) atoms. The first kappa shape index (κ1) is 12.9. The Kier molecular flexibility index (Phi) is 4.19. The van der Waals surface area contributed by atoms with Crippen molar-refractivity contribution in [2.24, 2.45) is 0 Å². The molecule has 0 amide bonds. The maximum atomic E-state index is 13.3. The molecule has 1 unspecified atom stereocenters. The van der Waals surface area contributed by atoms with Crippen molar-refractivity contribution in [1.82, 2.24) is 0 Å². The van der Waals surface area contributed by atoms with Gasteiger partial charge >= 0.3 is 11.9 Å². The second-order valence-electron chi connectivity index (χ2n) is 3.26. The number of aliphatic hydroxyl groups is 1. The zero-order chi connectivity index (χ0) is 12.3. The number of aliphatic hydroxyl groups excluding tert-OH is 1. The lowest BCUT2D eigenvalue weighted by atomic mass is 10.2. The summed E-state index contributed by atoms with van der Waals surface area (Å²) in [4.78, 5) is 21.7. The van der Waals surface area contributed by atoms with Crippen LogP contribution >= 0.6 is 0 Å². The Labute approximate surface area is 91.3 Å². The number of ether oxygens (including phenoxy) is 3. The number of rotatable bonds is 3. The van der Waals surface area contributed by atoms with Crippen molar-refractivity contribution < 1.29 is 33.3 Å². The lowest BCUT2D eigenvalue weighted by Gasteiger charge is -2.18. The van der Waals surface area contributed by atoms with Crippen LogP contribution in [0.25, 0.3) is 0 Å². The van der Waals surface area contributed by atoms with Crippen molar-refractivity contribution >= 4 is 11.9 Å². The van der Waals surface area contributed by atoms with E-state index in [2.05, 4.69) is 14.2 Å². The highest BCUT2D eigenvalue weighted by Gasteiger charge is 2.49. The molecule has 1 saturated heterocycles. The van der Waals surface area contributed by atoms with E-state index < -0.39 is 36.8 Å². The summed E-state index contributed by atoms with van der Waals surface area (Å²) in [6, 6.07) is 0. The van der Waals surface area contributed by atoms with Crippen molar-refractivity contribution in [3.05, 3.63) is 0 Å². The molecule has 1 heterocycles. The Bertz CT molecular complexity index is 281. The summed E-state index contributed by atoms with van der Waals surface area (Å²) in [7, 11) is 0. The number of hydrogen-bond acceptors (Lipinski definition) is 6. The molecule has 1 fully saturated rings. The van der Waals surface area contributed by atoms with Crippen LogP contribution in [0.3, 0.4) is 0 Å². The fourth-order valence-corrected chi connectivity index (χ4v) is 1.22.